The SMILES string of the molecule is CN(C)C(=O)CCn1cnc2ccc(-c3cc(C4CC4)ccn3)cc21. The Kier molecular flexibility index (Phi) is 3.99. The van der Waals surface area contributed by atoms with Gasteiger partial charge >= 0.3 is 0 Å². The number of imidazole rings is 1. The summed E-state index contributed by atoms with van der Waals surface area (Å²) in [6, 6.07) is 10.6. The van der Waals surface area contributed by atoms with E-state index in [-0.39, 0.29) is 5.91 Å². The molecule has 5 nitrogen and oxygen atoms in total. The molecule has 1 aliphatic carbocycles. The lowest BCUT2D eigenvalue weighted by Gasteiger charge is -2.11. The number of hydrogen-bond acceptors (Lipinski definition) is 3. The van der Waals surface area contributed by atoms with Gasteiger partial charge in [-0.1, -0.05) is 6.07 Å². The fraction of sp³-hybridized carbons (Fsp3) is 0.350. The number of aromatic nitrogens is 3. The van der Waals surface area contributed by atoms with Gasteiger partial charge in [-0.15, -0.1) is 0 Å². The van der Waals surface area contributed by atoms with Crippen molar-refractivity contribution in [3.63, 3.8) is 0 Å². The van der Waals surface area contributed by atoms with Crippen molar-refractivity contribution in [2.45, 2.75) is 31.7 Å². The Morgan fingerprint density at radius 2 is 2.04 bits per heavy atom. The van der Waals surface area contributed by atoms with E-state index in [9.17, 15) is 4.79 Å². The highest BCUT2D eigenvalue weighted by molar-refractivity contribution is 5.82. The largest absolute Gasteiger partial charge is 0.349 e. The minimum atomic E-state index is 0.122. The van der Waals surface area contributed by atoms with Crippen molar-refractivity contribution < 1.29 is 4.79 Å². The fourth-order valence-electron chi connectivity index (χ4n) is 3.11. The topological polar surface area (TPSA) is 51.0 Å². The van der Waals surface area contributed by atoms with Gasteiger partial charge in [0.25, 0.3) is 0 Å². The van der Waals surface area contributed by atoms with Gasteiger partial charge in [-0.2, -0.15) is 0 Å². The van der Waals surface area contributed by atoms with Crippen LogP contribution in [0.15, 0.2) is 42.9 Å². The van der Waals surface area contributed by atoms with E-state index in [1.165, 1.54) is 18.4 Å². The quantitative estimate of drug-likeness (QED) is 0.718. The molecule has 1 fully saturated rings. The van der Waals surface area contributed by atoms with Crippen LogP contribution in [-0.4, -0.2) is 39.4 Å². The molecule has 0 N–H and O–H groups in total. The summed E-state index contributed by atoms with van der Waals surface area (Å²) >= 11 is 0. The zero-order chi connectivity index (χ0) is 17.4. The van der Waals surface area contributed by atoms with Crippen LogP contribution in [0.5, 0.6) is 0 Å². The van der Waals surface area contributed by atoms with Gasteiger partial charge in [-0.3, -0.25) is 9.78 Å². The normalized spacial score (nSPS) is 14.0. The maximum atomic E-state index is 11.9. The summed E-state index contributed by atoms with van der Waals surface area (Å²) in [5, 5.41) is 0. The van der Waals surface area contributed by atoms with Crippen LogP contribution in [0.25, 0.3) is 22.3 Å². The molecule has 1 aliphatic rings. The molecule has 0 radical (unpaired) electrons. The zero-order valence-electron chi connectivity index (χ0n) is 14.6. The van der Waals surface area contributed by atoms with Crippen LogP contribution in [0.1, 0.15) is 30.7 Å². The Balaban J connectivity index is 1.64. The highest BCUT2D eigenvalue weighted by atomic mass is 16.2. The predicted octanol–water partition coefficient (Wildman–Crippen LogP) is 3.45. The molecule has 2 heterocycles. The molecule has 0 atom stereocenters. The van der Waals surface area contributed by atoms with Crippen LogP contribution in [0, 0.1) is 0 Å². The molecule has 4 rings (SSSR count). The van der Waals surface area contributed by atoms with E-state index in [2.05, 4.69) is 34.2 Å². The molecule has 0 unspecified atom stereocenters. The number of benzene rings is 1. The highest BCUT2D eigenvalue weighted by Crippen LogP contribution is 2.40. The molecular weight excluding hydrogens is 312 g/mol. The van der Waals surface area contributed by atoms with Crippen molar-refractivity contribution in [1.82, 2.24) is 19.4 Å². The number of carbonyl (C=O) groups excluding carboxylic acids is 1. The van der Waals surface area contributed by atoms with Crippen LogP contribution in [0.4, 0.5) is 0 Å². The highest BCUT2D eigenvalue weighted by Gasteiger charge is 2.23. The van der Waals surface area contributed by atoms with Gasteiger partial charge < -0.3 is 9.47 Å². The number of rotatable bonds is 5. The first-order valence-corrected chi connectivity index (χ1v) is 8.73. The van der Waals surface area contributed by atoms with Crippen LogP contribution in [0.3, 0.4) is 0 Å². The third kappa shape index (κ3) is 3.27. The predicted molar refractivity (Wildman–Crippen MR) is 98.3 cm³/mol. The molecule has 1 saturated carbocycles. The Hall–Kier alpha value is -2.69. The third-order valence-electron chi connectivity index (χ3n) is 4.81. The lowest BCUT2D eigenvalue weighted by molar-refractivity contribution is -0.128. The van der Waals surface area contributed by atoms with Crippen molar-refractivity contribution in [3.8, 4) is 11.3 Å². The van der Waals surface area contributed by atoms with E-state index in [0.717, 1.165) is 22.3 Å². The van der Waals surface area contributed by atoms with Crippen LogP contribution in [0.2, 0.25) is 0 Å². The van der Waals surface area contributed by atoms with Crippen molar-refractivity contribution in [1.29, 1.82) is 0 Å². The second-order valence-corrected chi connectivity index (χ2v) is 6.93. The minimum Gasteiger partial charge on any atom is -0.349 e. The van der Waals surface area contributed by atoms with Gasteiger partial charge in [-0.25, -0.2) is 4.98 Å². The Labute approximate surface area is 147 Å². The Morgan fingerprint density at radius 1 is 1.20 bits per heavy atom. The van der Waals surface area contributed by atoms with Crippen LogP contribution in [-0.2, 0) is 11.3 Å². The smallest absolute Gasteiger partial charge is 0.223 e. The first-order chi connectivity index (χ1) is 12.1. The molecule has 2 aromatic heterocycles. The number of hydrogen-bond donors (Lipinski definition) is 0. The summed E-state index contributed by atoms with van der Waals surface area (Å²) in [7, 11) is 3.57. The van der Waals surface area contributed by atoms with Crippen molar-refractivity contribution >= 4 is 16.9 Å². The number of carbonyl (C=O) groups is 1. The molecule has 25 heavy (non-hydrogen) atoms. The average molecular weight is 334 g/mol. The van der Waals surface area contributed by atoms with Gasteiger partial charge in [0.1, 0.15) is 0 Å². The van der Waals surface area contributed by atoms with E-state index in [1.54, 1.807) is 19.0 Å². The number of aryl methyl sites for hydroxylation is 1. The molecule has 5 heteroatoms. The van der Waals surface area contributed by atoms with E-state index in [0.29, 0.717) is 18.9 Å². The van der Waals surface area contributed by atoms with Crippen molar-refractivity contribution in [3.05, 3.63) is 48.4 Å². The van der Waals surface area contributed by atoms with Gasteiger partial charge in [-0.05, 0) is 48.6 Å². The van der Waals surface area contributed by atoms with E-state index < -0.39 is 0 Å². The Bertz CT molecular complexity index is 924. The van der Waals surface area contributed by atoms with E-state index in [4.69, 9.17) is 0 Å². The first-order valence-electron chi connectivity index (χ1n) is 8.73. The standard InChI is InChI=1S/C20H22N4O/c1-23(2)20(25)8-10-24-13-22-17-6-5-16(12-19(17)24)18-11-15(7-9-21-18)14-3-4-14/h5-7,9,11-14H,3-4,8,10H2,1-2H3. The molecule has 0 bridgehead atoms. The molecule has 0 saturated heterocycles. The lowest BCUT2D eigenvalue weighted by atomic mass is 10.1. The second kappa shape index (κ2) is 6.31. The van der Waals surface area contributed by atoms with Gasteiger partial charge in [0.05, 0.1) is 23.1 Å². The number of fused-ring (bicyclic) bond motifs is 1. The fourth-order valence-corrected chi connectivity index (χ4v) is 3.11. The number of pyridine rings is 1. The van der Waals surface area contributed by atoms with Gasteiger partial charge in [0.15, 0.2) is 0 Å². The summed E-state index contributed by atoms with van der Waals surface area (Å²) in [5.74, 6) is 0.838. The first kappa shape index (κ1) is 15.8. The second-order valence-electron chi connectivity index (χ2n) is 6.93. The molecular formula is C20H22N4O. The maximum absolute atomic E-state index is 11.9. The van der Waals surface area contributed by atoms with E-state index in [1.807, 2.05) is 23.2 Å². The van der Waals surface area contributed by atoms with Gasteiger partial charge in [0, 0.05) is 38.8 Å². The molecule has 0 aliphatic heterocycles. The summed E-state index contributed by atoms with van der Waals surface area (Å²) in [4.78, 5) is 22.5. The maximum Gasteiger partial charge on any atom is 0.223 e. The van der Waals surface area contributed by atoms with Gasteiger partial charge in [0.2, 0.25) is 5.91 Å². The molecule has 1 amide bonds. The molecule has 128 valence electrons. The van der Waals surface area contributed by atoms with Crippen molar-refractivity contribution in [2.24, 2.45) is 0 Å². The molecule has 0 spiro atoms. The van der Waals surface area contributed by atoms with Crippen LogP contribution < -0.4 is 0 Å². The Morgan fingerprint density at radius 3 is 2.80 bits per heavy atom. The summed E-state index contributed by atoms with van der Waals surface area (Å²) < 4.78 is 2.05. The third-order valence-corrected chi connectivity index (χ3v) is 4.81. The summed E-state index contributed by atoms with van der Waals surface area (Å²) in [6.07, 6.45) is 6.76. The van der Waals surface area contributed by atoms with E-state index >= 15 is 0 Å². The monoisotopic (exact) mass is 334 g/mol. The summed E-state index contributed by atoms with van der Waals surface area (Å²) in [6.45, 7) is 0.631. The average Bonchev–Trinajstić information content (AvgIpc) is 3.40. The molecule has 1 aromatic carbocycles. The lowest BCUT2D eigenvalue weighted by Crippen LogP contribution is -2.22. The number of nitrogens with zero attached hydrogens (tertiary/aromatic N) is 4. The van der Waals surface area contributed by atoms with Crippen molar-refractivity contribution in [2.75, 3.05) is 14.1 Å². The summed E-state index contributed by atoms with van der Waals surface area (Å²) in [5.41, 5.74) is 5.47. The zero-order valence-corrected chi connectivity index (χ0v) is 14.6. The molecule has 3 aromatic rings. The minimum absolute atomic E-state index is 0.122. The van der Waals surface area contributed by atoms with Crippen LogP contribution >= 0.6 is 0 Å². The number of amides is 1.